The number of nitrogens with zero attached hydrogens (tertiary/aromatic N) is 3. The first-order valence-corrected chi connectivity index (χ1v) is 10.5. The summed E-state index contributed by atoms with van der Waals surface area (Å²) >= 11 is 0. The SMILES string of the molecule is CN(C(=O)N1N=C2c3cc(F)ccc3OC[C@H]2[C@H]1c1ccccc1)C1CCCNC1. The molecule has 0 aromatic heterocycles. The van der Waals surface area contributed by atoms with Crippen LogP contribution in [0.2, 0.25) is 0 Å². The number of piperidine rings is 1. The molecule has 1 fully saturated rings. The van der Waals surface area contributed by atoms with Crippen LogP contribution < -0.4 is 10.1 Å². The highest BCUT2D eigenvalue weighted by atomic mass is 19.1. The molecule has 5 rings (SSSR count). The fourth-order valence-corrected chi connectivity index (χ4v) is 4.67. The van der Waals surface area contributed by atoms with Crippen molar-refractivity contribution in [2.45, 2.75) is 24.9 Å². The van der Waals surface area contributed by atoms with Gasteiger partial charge in [-0.2, -0.15) is 5.10 Å². The molecule has 0 spiro atoms. The van der Waals surface area contributed by atoms with Crippen molar-refractivity contribution in [1.29, 1.82) is 0 Å². The van der Waals surface area contributed by atoms with Crippen molar-refractivity contribution in [2.24, 2.45) is 11.0 Å². The van der Waals surface area contributed by atoms with Crippen LogP contribution in [0.1, 0.15) is 30.0 Å². The summed E-state index contributed by atoms with van der Waals surface area (Å²) in [7, 11) is 1.84. The van der Waals surface area contributed by atoms with Crippen molar-refractivity contribution in [3.05, 3.63) is 65.5 Å². The fraction of sp³-hybridized carbons (Fsp3) is 0.391. The summed E-state index contributed by atoms with van der Waals surface area (Å²) in [6.45, 7) is 2.16. The number of nitrogens with one attached hydrogen (secondary N) is 1. The van der Waals surface area contributed by atoms with E-state index in [9.17, 15) is 9.18 Å². The Morgan fingerprint density at radius 1 is 1.27 bits per heavy atom. The first-order valence-electron chi connectivity index (χ1n) is 10.5. The summed E-state index contributed by atoms with van der Waals surface area (Å²) < 4.78 is 19.9. The van der Waals surface area contributed by atoms with E-state index in [0.717, 1.165) is 31.5 Å². The molecule has 2 aromatic rings. The van der Waals surface area contributed by atoms with Crippen molar-refractivity contribution in [3.63, 3.8) is 0 Å². The Hall–Kier alpha value is -2.93. The van der Waals surface area contributed by atoms with E-state index >= 15 is 0 Å². The third-order valence-corrected chi connectivity index (χ3v) is 6.30. The van der Waals surface area contributed by atoms with E-state index in [0.29, 0.717) is 23.6 Å². The minimum Gasteiger partial charge on any atom is -0.492 e. The third kappa shape index (κ3) is 3.23. The largest absolute Gasteiger partial charge is 0.492 e. The van der Waals surface area contributed by atoms with E-state index in [1.165, 1.54) is 12.1 Å². The monoisotopic (exact) mass is 408 g/mol. The number of rotatable bonds is 2. The van der Waals surface area contributed by atoms with E-state index in [1.54, 1.807) is 16.0 Å². The second-order valence-corrected chi connectivity index (χ2v) is 8.14. The van der Waals surface area contributed by atoms with Crippen LogP contribution in [0.3, 0.4) is 0 Å². The Labute approximate surface area is 175 Å². The molecule has 1 unspecified atom stereocenters. The van der Waals surface area contributed by atoms with E-state index in [1.807, 2.05) is 37.4 Å². The summed E-state index contributed by atoms with van der Waals surface area (Å²) in [5.74, 6) is 0.119. The van der Waals surface area contributed by atoms with Crippen LogP contribution in [-0.4, -0.2) is 54.4 Å². The molecule has 7 heteroatoms. The van der Waals surface area contributed by atoms with Gasteiger partial charge >= 0.3 is 6.03 Å². The molecule has 1 saturated heterocycles. The molecule has 3 aliphatic rings. The Balaban J connectivity index is 1.54. The highest BCUT2D eigenvalue weighted by Gasteiger charge is 2.46. The Morgan fingerprint density at radius 2 is 2.10 bits per heavy atom. The van der Waals surface area contributed by atoms with Gasteiger partial charge in [0, 0.05) is 25.2 Å². The lowest BCUT2D eigenvalue weighted by Crippen LogP contribution is -2.50. The zero-order chi connectivity index (χ0) is 20.7. The maximum Gasteiger partial charge on any atom is 0.341 e. The van der Waals surface area contributed by atoms with E-state index in [4.69, 9.17) is 9.84 Å². The lowest BCUT2D eigenvalue weighted by molar-refractivity contribution is 0.115. The number of ether oxygens (including phenoxy) is 1. The standard InChI is InChI=1S/C23H25FN4O2/c1-27(17-8-5-11-25-13-17)23(29)28-22(15-6-3-2-4-7-15)19-14-30-20-10-9-16(24)12-18(20)21(19)26-28/h2-4,6-7,9-10,12,17,19,22,25H,5,8,11,13-14H2,1H3/t17?,19-,22-/m1/s1. The molecule has 0 bridgehead atoms. The van der Waals surface area contributed by atoms with Gasteiger partial charge in [0.2, 0.25) is 0 Å². The van der Waals surface area contributed by atoms with Gasteiger partial charge in [-0.05, 0) is 43.1 Å². The Kier molecular flexibility index (Phi) is 4.90. The average molecular weight is 408 g/mol. The zero-order valence-corrected chi connectivity index (χ0v) is 16.9. The van der Waals surface area contributed by atoms with Gasteiger partial charge in [0.1, 0.15) is 11.6 Å². The van der Waals surface area contributed by atoms with Crippen molar-refractivity contribution in [1.82, 2.24) is 15.2 Å². The van der Waals surface area contributed by atoms with Crippen LogP contribution in [0.25, 0.3) is 0 Å². The van der Waals surface area contributed by atoms with Gasteiger partial charge in [0.05, 0.1) is 24.3 Å². The molecule has 2 aromatic carbocycles. The molecular formula is C23H25FN4O2. The number of hydrazone groups is 1. The van der Waals surface area contributed by atoms with Gasteiger partial charge in [-0.15, -0.1) is 0 Å². The number of benzene rings is 2. The van der Waals surface area contributed by atoms with Gasteiger partial charge in [0.15, 0.2) is 0 Å². The number of amides is 2. The molecule has 6 nitrogen and oxygen atoms in total. The molecular weight excluding hydrogens is 383 g/mol. The topological polar surface area (TPSA) is 57.2 Å². The predicted octanol–water partition coefficient (Wildman–Crippen LogP) is 3.40. The van der Waals surface area contributed by atoms with Crippen LogP contribution in [-0.2, 0) is 0 Å². The van der Waals surface area contributed by atoms with E-state index in [2.05, 4.69) is 5.32 Å². The second-order valence-electron chi connectivity index (χ2n) is 8.14. The van der Waals surface area contributed by atoms with E-state index in [-0.39, 0.29) is 29.8 Å². The Bertz CT molecular complexity index is 974. The lowest BCUT2D eigenvalue weighted by Gasteiger charge is -2.36. The summed E-state index contributed by atoms with van der Waals surface area (Å²) in [6.07, 6.45) is 2.01. The molecule has 1 N–H and O–H groups in total. The molecule has 0 saturated carbocycles. The predicted molar refractivity (Wildman–Crippen MR) is 112 cm³/mol. The minimum atomic E-state index is -0.341. The highest BCUT2D eigenvalue weighted by Crippen LogP contribution is 2.43. The highest BCUT2D eigenvalue weighted by molar-refractivity contribution is 6.07. The van der Waals surface area contributed by atoms with Crippen LogP contribution >= 0.6 is 0 Å². The number of halogens is 1. The lowest BCUT2D eigenvalue weighted by atomic mass is 9.86. The van der Waals surface area contributed by atoms with Crippen LogP contribution in [0, 0.1) is 11.7 Å². The molecule has 3 atom stereocenters. The van der Waals surface area contributed by atoms with Crippen LogP contribution in [0.15, 0.2) is 53.6 Å². The van der Waals surface area contributed by atoms with Gasteiger partial charge in [-0.25, -0.2) is 14.2 Å². The smallest absolute Gasteiger partial charge is 0.341 e. The van der Waals surface area contributed by atoms with Gasteiger partial charge in [-0.1, -0.05) is 30.3 Å². The molecule has 156 valence electrons. The maximum atomic E-state index is 14.0. The Morgan fingerprint density at radius 3 is 2.87 bits per heavy atom. The summed E-state index contributed by atoms with van der Waals surface area (Å²) in [6, 6.07) is 14.1. The van der Waals surface area contributed by atoms with Crippen molar-refractivity contribution in [3.8, 4) is 5.75 Å². The quantitative estimate of drug-likeness (QED) is 0.829. The van der Waals surface area contributed by atoms with Crippen molar-refractivity contribution in [2.75, 3.05) is 26.7 Å². The van der Waals surface area contributed by atoms with Crippen LogP contribution in [0.4, 0.5) is 9.18 Å². The normalized spacial score (nSPS) is 25.1. The number of hydrogen-bond acceptors (Lipinski definition) is 4. The molecule has 30 heavy (non-hydrogen) atoms. The van der Waals surface area contributed by atoms with Crippen molar-refractivity contribution >= 4 is 11.7 Å². The van der Waals surface area contributed by atoms with Gasteiger partial charge < -0.3 is 15.0 Å². The first-order chi connectivity index (χ1) is 14.6. The maximum absolute atomic E-state index is 14.0. The number of likely N-dealkylation sites (N-methyl/N-ethyl adjacent to an activating group) is 1. The number of carbonyl (C=O) groups is 1. The van der Waals surface area contributed by atoms with Crippen LogP contribution in [0.5, 0.6) is 5.75 Å². The van der Waals surface area contributed by atoms with E-state index < -0.39 is 0 Å². The third-order valence-electron chi connectivity index (χ3n) is 6.30. The summed E-state index contributed by atoms with van der Waals surface area (Å²) in [4.78, 5) is 15.3. The molecule has 2 amide bonds. The molecule has 3 heterocycles. The zero-order valence-electron chi connectivity index (χ0n) is 16.9. The average Bonchev–Trinajstić information content (AvgIpc) is 3.19. The molecule has 0 radical (unpaired) electrons. The molecule has 3 aliphatic heterocycles. The number of urea groups is 1. The summed E-state index contributed by atoms with van der Waals surface area (Å²) in [5.41, 5.74) is 2.34. The summed E-state index contributed by atoms with van der Waals surface area (Å²) in [5, 5.41) is 9.70. The number of hydrogen-bond donors (Lipinski definition) is 1. The van der Waals surface area contributed by atoms with Gasteiger partial charge in [-0.3, -0.25) is 0 Å². The number of carbonyl (C=O) groups excluding carboxylic acids is 1. The molecule has 0 aliphatic carbocycles. The van der Waals surface area contributed by atoms with Crippen molar-refractivity contribution < 1.29 is 13.9 Å². The fourth-order valence-electron chi connectivity index (χ4n) is 4.67. The number of fused-ring (bicyclic) bond motifs is 3. The first kappa shape index (κ1) is 19.1. The van der Waals surface area contributed by atoms with Gasteiger partial charge in [0.25, 0.3) is 0 Å². The second kappa shape index (κ2) is 7.72. The minimum absolute atomic E-state index is 0.131.